The molecule has 1 aliphatic heterocycles. The predicted octanol–water partition coefficient (Wildman–Crippen LogP) is 3.99. The van der Waals surface area contributed by atoms with Gasteiger partial charge in [-0.25, -0.2) is 0 Å². The fourth-order valence-electron chi connectivity index (χ4n) is 2.84. The molecule has 0 amide bonds. The number of piperidine rings is 1. The molecular weight excluding hydrogens is 455 g/mol. The zero-order valence-corrected chi connectivity index (χ0v) is 18.8. The molecule has 1 aromatic heterocycles. The molecule has 1 saturated heterocycles. The molecule has 0 aliphatic carbocycles. The molecule has 24 heavy (non-hydrogen) atoms. The van der Waals surface area contributed by atoms with Crippen molar-refractivity contribution in [2.24, 2.45) is 4.99 Å². The van der Waals surface area contributed by atoms with E-state index in [0.29, 0.717) is 12.1 Å². The highest BCUT2D eigenvalue weighted by atomic mass is 127. The molecule has 138 valence electrons. The fraction of sp³-hybridized carbons (Fsp3) is 0.706. The molecule has 0 radical (unpaired) electrons. The molecule has 0 bridgehead atoms. The number of halogens is 2. The summed E-state index contributed by atoms with van der Waals surface area (Å²) in [4.78, 5) is 8.55. The summed E-state index contributed by atoms with van der Waals surface area (Å²) in [5.41, 5.74) is 0. The minimum absolute atomic E-state index is 0. The maximum absolute atomic E-state index is 5.97. The molecule has 2 N–H and O–H groups in total. The van der Waals surface area contributed by atoms with E-state index in [1.807, 2.05) is 6.07 Å². The van der Waals surface area contributed by atoms with E-state index < -0.39 is 0 Å². The Morgan fingerprint density at radius 2 is 2.08 bits per heavy atom. The lowest BCUT2D eigenvalue weighted by Crippen LogP contribution is -2.49. The van der Waals surface area contributed by atoms with Gasteiger partial charge < -0.3 is 15.5 Å². The molecule has 0 aromatic carbocycles. The highest BCUT2D eigenvalue weighted by molar-refractivity contribution is 14.0. The van der Waals surface area contributed by atoms with Gasteiger partial charge in [0.1, 0.15) is 0 Å². The van der Waals surface area contributed by atoms with Crippen molar-refractivity contribution in [1.82, 2.24) is 15.5 Å². The topological polar surface area (TPSA) is 39.7 Å². The van der Waals surface area contributed by atoms with Crippen LogP contribution in [0.25, 0.3) is 0 Å². The maximum atomic E-state index is 5.97. The minimum atomic E-state index is 0. The molecule has 1 fully saturated rings. The molecule has 0 spiro atoms. The third-order valence-corrected chi connectivity index (χ3v) is 5.49. The molecule has 7 heteroatoms. The molecule has 2 rings (SSSR count). The second kappa shape index (κ2) is 11.5. The quantitative estimate of drug-likeness (QED) is 0.364. The van der Waals surface area contributed by atoms with Crippen LogP contribution in [0.1, 0.15) is 38.5 Å². The maximum Gasteiger partial charge on any atom is 0.191 e. The van der Waals surface area contributed by atoms with Crippen LogP contribution < -0.4 is 10.6 Å². The van der Waals surface area contributed by atoms with Gasteiger partial charge in [-0.2, -0.15) is 0 Å². The summed E-state index contributed by atoms with van der Waals surface area (Å²) in [6.45, 7) is 10.7. The third-order valence-electron chi connectivity index (χ3n) is 4.20. The Hall–Kier alpha value is -0.0500. The third kappa shape index (κ3) is 7.45. The van der Waals surface area contributed by atoms with E-state index in [9.17, 15) is 0 Å². The van der Waals surface area contributed by atoms with Gasteiger partial charge in [0.25, 0.3) is 0 Å². The van der Waals surface area contributed by atoms with Crippen molar-refractivity contribution in [3.63, 3.8) is 0 Å². The summed E-state index contributed by atoms with van der Waals surface area (Å²) in [7, 11) is 0. The Morgan fingerprint density at radius 3 is 2.62 bits per heavy atom. The molecule has 0 saturated carbocycles. The largest absolute Gasteiger partial charge is 0.357 e. The highest BCUT2D eigenvalue weighted by Gasteiger charge is 2.21. The Kier molecular flexibility index (Phi) is 10.6. The molecular formula is C17H30ClIN4S. The van der Waals surface area contributed by atoms with Crippen molar-refractivity contribution in [3.05, 3.63) is 21.3 Å². The summed E-state index contributed by atoms with van der Waals surface area (Å²) >= 11 is 7.61. The standard InChI is InChI=1S/C17H29ClN4S.HI/c1-4-19-17(20-10-7-15-5-6-16(18)23-15)21-14-8-11-22(12-9-14)13(2)3;/h5-6,13-14H,4,7-12H2,1-3H3,(H2,19,20,21);1H. The molecule has 1 aromatic rings. The zero-order chi connectivity index (χ0) is 16.7. The summed E-state index contributed by atoms with van der Waals surface area (Å²) in [5.74, 6) is 0.943. The lowest BCUT2D eigenvalue weighted by Gasteiger charge is -2.35. The summed E-state index contributed by atoms with van der Waals surface area (Å²) in [5, 5.41) is 6.96. The van der Waals surface area contributed by atoms with Gasteiger partial charge in [-0.15, -0.1) is 35.3 Å². The van der Waals surface area contributed by atoms with Crippen molar-refractivity contribution in [3.8, 4) is 0 Å². The number of nitrogens with zero attached hydrogens (tertiary/aromatic N) is 2. The first kappa shape index (κ1) is 22.0. The van der Waals surface area contributed by atoms with Crippen molar-refractivity contribution >= 4 is 52.9 Å². The van der Waals surface area contributed by atoms with Gasteiger partial charge >= 0.3 is 0 Å². The Balaban J connectivity index is 0.00000288. The Morgan fingerprint density at radius 1 is 1.38 bits per heavy atom. The molecule has 2 heterocycles. The Bertz CT molecular complexity index is 499. The normalized spacial score (nSPS) is 17.0. The van der Waals surface area contributed by atoms with Gasteiger partial charge in [-0.1, -0.05) is 11.6 Å². The number of hydrogen-bond donors (Lipinski definition) is 2. The van der Waals surface area contributed by atoms with Crippen LogP contribution in [0.3, 0.4) is 0 Å². The fourth-order valence-corrected chi connectivity index (χ4v) is 3.91. The zero-order valence-electron chi connectivity index (χ0n) is 14.8. The van der Waals surface area contributed by atoms with Gasteiger partial charge in [-0.3, -0.25) is 4.99 Å². The molecule has 4 nitrogen and oxygen atoms in total. The van der Waals surface area contributed by atoms with Crippen molar-refractivity contribution in [2.45, 2.75) is 52.1 Å². The number of likely N-dealkylation sites (tertiary alicyclic amines) is 1. The van der Waals surface area contributed by atoms with E-state index in [0.717, 1.165) is 29.8 Å². The average molecular weight is 485 g/mol. The second-order valence-electron chi connectivity index (χ2n) is 6.26. The van der Waals surface area contributed by atoms with Crippen LogP contribution in [0.15, 0.2) is 17.1 Å². The Labute approximate surface area is 172 Å². The number of hydrogen-bond acceptors (Lipinski definition) is 3. The van der Waals surface area contributed by atoms with Gasteiger partial charge in [-0.05, 0) is 45.7 Å². The van der Waals surface area contributed by atoms with Crippen LogP contribution in [0.5, 0.6) is 0 Å². The van der Waals surface area contributed by atoms with Gasteiger partial charge in [0.15, 0.2) is 5.96 Å². The van der Waals surface area contributed by atoms with Gasteiger partial charge in [0.05, 0.1) is 4.34 Å². The highest BCUT2D eigenvalue weighted by Crippen LogP contribution is 2.21. The van der Waals surface area contributed by atoms with Crippen LogP contribution in [-0.2, 0) is 6.42 Å². The van der Waals surface area contributed by atoms with Crippen molar-refractivity contribution in [2.75, 3.05) is 26.2 Å². The first-order valence-corrected chi connectivity index (χ1v) is 9.81. The van der Waals surface area contributed by atoms with E-state index in [-0.39, 0.29) is 24.0 Å². The van der Waals surface area contributed by atoms with Gasteiger partial charge in [0.2, 0.25) is 0 Å². The number of aliphatic imine (C=N–C) groups is 1. The second-order valence-corrected chi connectivity index (χ2v) is 8.06. The first-order chi connectivity index (χ1) is 11.1. The monoisotopic (exact) mass is 484 g/mol. The molecule has 0 unspecified atom stereocenters. The number of thiophene rings is 1. The number of nitrogens with one attached hydrogen (secondary N) is 2. The van der Waals surface area contributed by atoms with Crippen LogP contribution >= 0.6 is 46.9 Å². The number of guanidine groups is 1. The SMILES string of the molecule is CCNC(=NCCc1ccc(Cl)s1)NC1CCN(C(C)C)CC1.I. The lowest BCUT2D eigenvalue weighted by molar-refractivity contribution is 0.167. The smallest absolute Gasteiger partial charge is 0.191 e. The van der Waals surface area contributed by atoms with Crippen molar-refractivity contribution < 1.29 is 0 Å². The van der Waals surface area contributed by atoms with E-state index in [4.69, 9.17) is 16.6 Å². The van der Waals surface area contributed by atoms with Crippen LogP contribution in [0, 0.1) is 0 Å². The first-order valence-electron chi connectivity index (χ1n) is 8.61. The van der Waals surface area contributed by atoms with Crippen LogP contribution in [0.4, 0.5) is 0 Å². The molecule has 1 aliphatic rings. The predicted molar refractivity (Wildman–Crippen MR) is 117 cm³/mol. The van der Waals surface area contributed by atoms with Gasteiger partial charge in [0, 0.05) is 49.6 Å². The van der Waals surface area contributed by atoms with Crippen LogP contribution in [-0.4, -0.2) is 49.1 Å². The minimum Gasteiger partial charge on any atom is -0.357 e. The molecule has 0 atom stereocenters. The summed E-state index contributed by atoms with van der Waals surface area (Å²) in [6, 6.07) is 5.22. The average Bonchev–Trinajstić information content (AvgIpc) is 2.93. The van der Waals surface area contributed by atoms with E-state index in [1.165, 1.54) is 30.8 Å². The van der Waals surface area contributed by atoms with Crippen LogP contribution in [0.2, 0.25) is 4.34 Å². The lowest BCUT2D eigenvalue weighted by atomic mass is 10.0. The summed E-state index contributed by atoms with van der Waals surface area (Å²) < 4.78 is 0.853. The summed E-state index contributed by atoms with van der Waals surface area (Å²) in [6.07, 6.45) is 3.31. The van der Waals surface area contributed by atoms with E-state index >= 15 is 0 Å². The van der Waals surface area contributed by atoms with Crippen molar-refractivity contribution in [1.29, 1.82) is 0 Å². The van der Waals surface area contributed by atoms with E-state index in [2.05, 4.69) is 42.4 Å². The van der Waals surface area contributed by atoms with E-state index in [1.54, 1.807) is 11.3 Å². The number of rotatable bonds is 6.